The number of amides is 2. The van der Waals surface area contributed by atoms with Gasteiger partial charge in [-0.2, -0.15) is 0 Å². The molecule has 2 aromatic rings. The number of nitrogens with one attached hydrogen (secondary N) is 1. The molecule has 1 unspecified atom stereocenters. The van der Waals surface area contributed by atoms with E-state index >= 15 is 0 Å². The van der Waals surface area contributed by atoms with E-state index in [4.69, 9.17) is 14.2 Å². The molecule has 1 atom stereocenters. The molecule has 0 bridgehead atoms. The van der Waals surface area contributed by atoms with Gasteiger partial charge in [0.05, 0.1) is 18.9 Å². The Morgan fingerprint density at radius 3 is 2.53 bits per heavy atom. The highest BCUT2D eigenvalue weighted by molar-refractivity contribution is 6.03. The van der Waals surface area contributed by atoms with Crippen molar-refractivity contribution in [2.75, 3.05) is 31.2 Å². The van der Waals surface area contributed by atoms with Gasteiger partial charge in [-0.1, -0.05) is 19.1 Å². The molecule has 0 saturated heterocycles. The Balaban J connectivity index is 1.62. The average molecular weight is 441 g/mol. The van der Waals surface area contributed by atoms with E-state index in [1.54, 1.807) is 0 Å². The van der Waals surface area contributed by atoms with E-state index in [2.05, 4.69) is 5.32 Å². The number of anilines is 1. The first-order chi connectivity index (χ1) is 15.5. The fraction of sp³-hybridized carbons (Fsp3) is 0.440. The number of carbonyl (C=O) groups excluding carboxylic acids is 2. The molecule has 1 N–H and O–H groups in total. The first-order valence-electron chi connectivity index (χ1n) is 11.2. The van der Waals surface area contributed by atoms with Gasteiger partial charge in [-0.3, -0.25) is 14.5 Å². The number of hydrogen-bond acceptors (Lipinski definition) is 5. The van der Waals surface area contributed by atoms with Crippen LogP contribution in [0.2, 0.25) is 0 Å². The molecule has 3 rings (SSSR count). The number of nitrogens with zero attached hydrogens (tertiary/aromatic N) is 1. The van der Waals surface area contributed by atoms with Crippen LogP contribution in [0.1, 0.15) is 38.3 Å². The van der Waals surface area contributed by atoms with E-state index in [1.807, 2.05) is 64.1 Å². The van der Waals surface area contributed by atoms with E-state index in [-0.39, 0.29) is 18.4 Å². The van der Waals surface area contributed by atoms with Crippen molar-refractivity contribution in [2.24, 2.45) is 0 Å². The molecule has 172 valence electrons. The molecule has 0 aromatic heterocycles. The average Bonchev–Trinajstić information content (AvgIpc) is 2.77. The first-order valence-corrected chi connectivity index (χ1v) is 11.2. The fourth-order valence-corrected chi connectivity index (χ4v) is 3.65. The maximum Gasteiger partial charge on any atom is 0.268 e. The molecule has 0 spiro atoms. The fourth-order valence-electron chi connectivity index (χ4n) is 3.65. The third-order valence-electron chi connectivity index (χ3n) is 5.23. The van der Waals surface area contributed by atoms with E-state index in [1.165, 1.54) is 4.90 Å². The van der Waals surface area contributed by atoms with Gasteiger partial charge in [0.25, 0.3) is 5.91 Å². The van der Waals surface area contributed by atoms with Gasteiger partial charge in [-0.15, -0.1) is 0 Å². The Morgan fingerprint density at radius 2 is 1.81 bits per heavy atom. The van der Waals surface area contributed by atoms with Gasteiger partial charge in [-0.25, -0.2) is 0 Å². The Bertz CT molecular complexity index is 959. The van der Waals surface area contributed by atoms with Crippen molar-refractivity contribution in [2.45, 2.75) is 46.6 Å². The minimum atomic E-state index is -0.571. The van der Waals surface area contributed by atoms with E-state index in [9.17, 15) is 9.59 Å². The monoisotopic (exact) mass is 440 g/mol. The lowest BCUT2D eigenvalue weighted by Crippen LogP contribution is -2.49. The maximum atomic E-state index is 12.8. The minimum absolute atomic E-state index is 0.0391. The van der Waals surface area contributed by atoms with Crippen molar-refractivity contribution in [3.05, 3.63) is 47.5 Å². The Morgan fingerprint density at radius 1 is 1.06 bits per heavy atom. The van der Waals surface area contributed by atoms with Gasteiger partial charge in [0.15, 0.2) is 17.6 Å². The van der Waals surface area contributed by atoms with Crippen molar-refractivity contribution >= 4 is 17.5 Å². The highest BCUT2D eigenvalue weighted by Gasteiger charge is 2.34. The number of ether oxygens (including phenoxy) is 3. The zero-order chi connectivity index (χ0) is 23.1. The SMILES string of the molecule is CCOc1ccc(CCNC(=O)CN2C(=O)C(CC)Oc3ccc(C)cc32)cc1OCC. The summed E-state index contributed by atoms with van der Waals surface area (Å²) < 4.78 is 17.1. The lowest BCUT2D eigenvalue weighted by Gasteiger charge is -2.33. The van der Waals surface area contributed by atoms with E-state index in [0.29, 0.717) is 55.5 Å². The van der Waals surface area contributed by atoms with E-state index < -0.39 is 6.10 Å². The normalized spacial score (nSPS) is 15.1. The van der Waals surface area contributed by atoms with E-state index in [0.717, 1.165) is 11.1 Å². The predicted octanol–water partition coefficient (Wildman–Crippen LogP) is 3.66. The molecule has 0 aliphatic carbocycles. The molecule has 2 aromatic carbocycles. The van der Waals surface area contributed by atoms with Crippen molar-refractivity contribution in [1.29, 1.82) is 0 Å². The van der Waals surface area contributed by atoms with Crippen molar-refractivity contribution in [3.63, 3.8) is 0 Å². The number of rotatable bonds is 10. The summed E-state index contributed by atoms with van der Waals surface area (Å²) in [6, 6.07) is 11.5. The topological polar surface area (TPSA) is 77.1 Å². The highest BCUT2D eigenvalue weighted by atomic mass is 16.5. The molecule has 1 heterocycles. The minimum Gasteiger partial charge on any atom is -0.490 e. The summed E-state index contributed by atoms with van der Waals surface area (Å²) in [6.07, 6.45) is 0.617. The van der Waals surface area contributed by atoms with Gasteiger partial charge in [0.2, 0.25) is 5.91 Å². The van der Waals surface area contributed by atoms with Crippen LogP contribution in [0.4, 0.5) is 5.69 Å². The maximum absolute atomic E-state index is 12.8. The largest absolute Gasteiger partial charge is 0.490 e. The van der Waals surface area contributed by atoms with Crippen LogP contribution in [-0.4, -0.2) is 44.2 Å². The van der Waals surface area contributed by atoms with Crippen LogP contribution in [0, 0.1) is 6.92 Å². The number of benzene rings is 2. The summed E-state index contributed by atoms with van der Waals surface area (Å²) in [5, 5.41) is 2.92. The lowest BCUT2D eigenvalue weighted by molar-refractivity contribution is -0.129. The molecule has 0 radical (unpaired) electrons. The molecule has 0 saturated carbocycles. The second-order valence-corrected chi connectivity index (χ2v) is 7.66. The lowest BCUT2D eigenvalue weighted by atomic mass is 10.1. The third kappa shape index (κ3) is 5.52. The molecule has 32 heavy (non-hydrogen) atoms. The molecule has 7 nitrogen and oxygen atoms in total. The van der Waals surface area contributed by atoms with Crippen LogP contribution in [-0.2, 0) is 16.0 Å². The zero-order valence-electron chi connectivity index (χ0n) is 19.3. The molecule has 1 aliphatic heterocycles. The van der Waals surface area contributed by atoms with Gasteiger partial charge in [0, 0.05) is 6.54 Å². The van der Waals surface area contributed by atoms with Crippen LogP contribution in [0.3, 0.4) is 0 Å². The number of aryl methyl sites for hydroxylation is 1. The summed E-state index contributed by atoms with van der Waals surface area (Å²) in [6.45, 7) is 9.23. The summed E-state index contributed by atoms with van der Waals surface area (Å²) in [4.78, 5) is 27.0. The summed E-state index contributed by atoms with van der Waals surface area (Å²) in [5.74, 6) is 1.65. The van der Waals surface area contributed by atoms with Crippen molar-refractivity contribution < 1.29 is 23.8 Å². The quantitative estimate of drug-likeness (QED) is 0.610. The van der Waals surface area contributed by atoms with Crippen molar-refractivity contribution in [1.82, 2.24) is 5.32 Å². The van der Waals surface area contributed by atoms with Crippen LogP contribution in [0.5, 0.6) is 17.2 Å². The summed E-state index contributed by atoms with van der Waals surface area (Å²) in [7, 11) is 0. The van der Waals surface area contributed by atoms with Crippen LogP contribution in [0.25, 0.3) is 0 Å². The highest BCUT2D eigenvalue weighted by Crippen LogP contribution is 2.35. The first kappa shape index (κ1) is 23.4. The molecule has 0 fully saturated rings. The van der Waals surface area contributed by atoms with Gasteiger partial charge in [-0.05, 0) is 69.0 Å². The van der Waals surface area contributed by atoms with Crippen molar-refractivity contribution in [3.8, 4) is 17.2 Å². The Kier molecular flexibility index (Phi) is 7.98. The summed E-state index contributed by atoms with van der Waals surface area (Å²) >= 11 is 0. The molecular weight excluding hydrogens is 408 g/mol. The standard InChI is InChI=1S/C25H32N2O5/c1-5-20-25(29)27(19-14-17(4)8-10-21(19)32-20)16-24(28)26-13-12-18-9-11-22(30-6-2)23(15-18)31-7-3/h8-11,14-15,20H,5-7,12-13,16H2,1-4H3,(H,26,28). The Labute approximate surface area is 189 Å². The molecular formula is C25H32N2O5. The third-order valence-corrected chi connectivity index (χ3v) is 5.23. The molecule has 7 heteroatoms. The number of hydrogen-bond donors (Lipinski definition) is 1. The summed E-state index contributed by atoms with van der Waals surface area (Å²) in [5.41, 5.74) is 2.68. The predicted molar refractivity (Wildman–Crippen MR) is 124 cm³/mol. The molecule has 2 amide bonds. The smallest absolute Gasteiger partial charge is 0.268 e. The van der Waals surface area contributed by atoms with Crippen LogP contribution in [0.15, 0.2) is 36.4 Å². The Hall–Kier alpha value is -3.22. The van der Waals surface area contributed by atoms with Gasteiger partial charge < -0.3 is 19.5 Å². The number of fused-ring (bicyclic) bond motifs is 1. The van der Waals surface area contributed by atoms with Crippen LogP contribution < -0.4 is 24.4 Å². The zero-order valence-corrected chi connectivity index (χ0v) is 19.3. The van der Waals surface area contributed by atoms with Gasteiger partial charge >= 0.3 is 0 Å². The number of carbonyl (C=O) groups is 2. The second kappa shape index (κ2) is 10.9. The molecule has 1 aliphatic rings. The second-order valence-electron chi connectivity index (χ2n) is 7.66. The van der Waals surface area contributed by atoms with Crippen LogP contribution >= 0.6 is 0 Å². The van der Waals surface area contributed by atoms with Gasteiger partial charge in [0.1, 0.15) is 12.3 Å².